The van der Waals surface area contributed by atoms with Gasteiger partial charge in [-0.2, -0.15) is 0 Å². The molecule has 0 radical (unpaired) electrons. The Balaban J connectivity index is 1.60. The first-order valence-corrected chi connectivity index (χ1v) is 7.94. The number of rotatable bonds is 7. The fourth-order valence-corrected chi connectivity index (χ4v) is 2.87. The minimum atomic E-state index is 0.701. The third-order valence-corrected chi connectivity index (χ3v) is 4.13. The van der Waals surface area contributed by atoms with Crippen LogP contribution in [-0.4, -0.2) is 69.2 Å². The second-order valence-electron chi connectivity index (χ2n) is 6.15. The molecular formula is C16H30N4. The lowest BCUT2D eigenvalue weighted by molar-refractivity contribution is 0.230. The van der Waals surface area contributed by atoms with Gasteiger partial charge in [-0.25, -0.2) is 0 Å². The summed E-state index contributed by atoms with van der Waals surface area (Å²) in [5.41, 5.74) is 1.33. The molecule has 0 amide bonds. The standard InChI is InChI=1S/C16H30N4/c1-19(13-15-7-3-5-9-17-15)11-12-20(2)14-16-8-4-6-10-18-16/h3,5,7,16-18H,4,6,8-14H2,1-2H3. The molecule has 4 nitrogen and oxygen atoms in total. The van der Waals surface area contributed by atoms with Gasteiger partial charge < -0.3 is 15.5 Å². The fourth-order valence-electron chi connectivity index (χ4n) is 2.87. The van der Waals surface area contributed by atoms with Crippen molar-refractivity contribution in [3.05, 3.63) is 23.9 Å². The van der Waals surface area contributed by atoms with Crippen LogP contribution in [0.1, 0.15) is 19.3 Å². The molecule has 20 heavy (non-hydrogen) atoms. The molecule has 2 N–H and O–H groups in total. The summed E-state index contributed by atoms with van der Waals surface area (Å²) in [7, 11) is 4.44. The average Bonchev–Trinajstić information content (AvgIpc) is 2.47. The number of piperidine rings is 1. The normalized spacial score (nSPS) is 23.0. The third kappa shape index (κ3) is 5.65. The fraction of sp³-hybridized carbons (Fsp3) is 0.750. The highest BCUT2D eigenvalue weighted by Crippen LogP contribution is 2.07. The van der Waals surface area contributed by atoms with Crippen LogP contribution < -0.4 is 10.6 Å². The summed E-state index contributed by atoms with van der Waals surface area (Å²) >= 11 is 0. The van der Waals surface area contributed by atoms with E-state index in [2.05, 4.69) is 52.8 Å². The van der Waals surface area contributed by atoms with Gasteiger partial charge in [-0.3, -0.25) is 4.90 Å². The van der Waals surface area contributed by atoms with E-state index in [9.17, 15) is 0 Å². The zero-order chi connectivity index (χ0) is 14.2. The van der Waals surface area contributed by atoms with Crippen LogP contribution in [0.3, 0.4) is 0 Å². The Morgan fingerprint density at radius 1 is 1.20 bits per heavy atom. The van der Waals surface area contributed by atoms with Crippen molar-refractivity contribution in [2.45, 2.75) is 25.3 Å². The molecule has 0 spiro atoms. The average molecular weight is 278 g/mol. The van der Waals surface area contributed by atoms with Crippen molar-refractivity contribution in [3.8, 4) is 0 Å². The molecule has 0 bridgehead atoms. The van der Waals surface area contributed by atoms with Gasteiger partial charge in [0.25, 0.3) is 0 Å². The summed E-state index contributed by atoms with van der Waals surface area (Å²) in [5, 5.41) is 7.03. The molecule has 0 saturated carbocycles. The van der Waals surface area contributed by atoms with Gasteiger partial charge in [0.1, 0.15) is 0 Å². The Kier molecular flexibility index (Phi) is 6.57. The predicted molar refractivity (Wildman–Crippen MR) is 85.9 cm³/mol. The third-order valence-electron chi connectivity index (χ3n) is 4.13. The molecule has 1 fully saturated rings. The van der Waals surface area contributed by atoms with Gasteiger partial charge >= 0.3 is 0 Å². The molecule has 0 aromatic rings. The number of allylic oxidation sites excluding steroid dienone is 2. The molecule has 2 aliphatic rings. The Labute approximate surface area is 123 Å². The maximum atomic E-state index is 3.62. The van der Waals surface area contributed by atoms with Gasteiger partial charge in [0.15, 0.2) is 0 Å². The molecule has 1 unspecified atom stereocenters. The zero-order valence-electron chi connectivity index (χ0n) is 13.1. The van der Waals surface area contributed by atoms with Crippen LogP contribution in [0.2, 0.25) is 0 Å². The Morgan fingerprint density at radius 2 is 2.05 bits per heavy atom. The van der Waals surface area contributed by atoms with Crippen molar-refractivity contribution in [1.29, 1.82) is 0 Å². The molecule has 2 aliphatic heterocycles. The Bertz CT molecular complexity index is 331. The van der Waals surface area contributed by atoms with Crippen LogP contribution in [0.4, 0.5) is 0 Å². The topological polar surface area (TPSA) is 30.5 Å². The summed E-state index contributed by atoms with van der Waals surface area (Å²) < 4.78 is 0. The first-order chi connectivity index (χ1) is 9.74. The maximum absolute atomic E-state index is 3.62. The highest BCUT2D eigenvalue weighted by atomic mass is 15.2. The van der Waals surface area contributed by atoms with Gasteiger partial charge in [-0.05, 0) is 39.6 Å². The van der Waals surface area contributed by atoms with E-state index < -0.39 is 0 Å². The largest absolute Gasteiger partial charge is 0.384 e. The molecular weight excluding hydrogens is 248 g/mol. The van der Waals surface area contributed by atoms with Crippen molar-refractivity contribution in [2.75, 3.05) is 53.4 Å². The van der Waals surface area contributed by atoms with E-state index >= 15 is 0 Å². The second-order valence-corrected chi connectivity index (χ2v) is 6.15. The molecule has 1 saturated heterocycles. The lowest BCUT2D eigenvalue weighted by Gasteiger charge is -2.29. The molecule has 1 atom stereocenters. The minimum Gasteiger partial charge on any atom is -0.384 e. The van der Waals surface area contributed by atoms with E-state index in [4.69, 9.17) is 0 Å². The highest BCUT2D eigenvalue weighted by molar-refractivity contribution is 5.17. The van der Waals surface area contributed by atoms with E-state index in [-0.39, 0.29) is 0 Å². The summed E-state index contributed by atoms with van der Waals surface area (Å²) in [5.74, 6) is 0. The molecule has 2 heterocycles. The van der Waals surface area contributed by atoms with Crippen LogP contribution in [-0.2, 0) is 0 Å². The number of hydrogen-bond acceptors (Lipinski definition) is 4. The predicted octanol–water partition coefficient (Wildman–Crippen LogP) is 1.04. The van der Waals surface area contributed by atoms with Crippen LogP contribution in [0.15, 0.2) is 23.9 Å². The van der Waals surface area contributed by atoms with Gasteiger partial charge in [-0.15, -0.1) is 0 Å². The van der Waals surface area contributed by atoms with Crippen molar-refractivity contribution in [2.24, 2.45) is 0 Å². The molecule has 0 aromatic heterocycles. The quantitative estimate of drug-likeness (QED) is 0.728. The molecule has 2 rings (SSSR count). The molecule has 0 aliphatic carbocycles. The first-order valence-electron chi connectivity index (χ1n) is 7.94. The van der Waals surface area contributed by atoms with Crippen LogP contribution >= 0.6 is 0 Å². The van der Waals surface area contributed by atoms with Crippen LogP contribution in [0.25, 0.3) is 0 Å². The smallest absolute Gasteiger partial charge is 0.0379 e. The van der Waals surface area contributed by atoms with Crippen molar-refractivity contribution >= 4 is 0 Å². The first kappa shape index (κ1) is 15.5. The summed E-state index contributed by atoms with van der Waals surface area (Å²) in [6, 6.07) is 0.701. The van der Waals surface area contributed by atoms with E-state index in [1.165, 1.54) is 38.0 Å². The number of dihydropyridines is 1. The van der Waals surface area contributed by atoms with Gasteiger partial charge in [0.2, 0.25) is 0 Å². The van der Waals surface area contributed by atoms with Crippen LogP contribution in [0, 0.1) is 0 Å². The molecule has 0 aromatic carbocycles. The number of likely N-dealkylation sites (N-methyl/N-ethyl adjacent to an activating group) is 2. The number of hydrogen-bond donors (Lipinski definition) is 2. The van der Waals surface area contributed by atoms with E-state index in [0.717, 1.165) is 26.2 Å². The van der Waals surface area contributed by atoms with Crippen LogP contribution in [0.5, 0.6) is 0 Å². The Morgan fingerprint density at radius 3 is 2.75 bits per heavy atom. The summed E-state index contributed by atoms with van der Waals surface area (Å²) in [6.45, 7) is 6.61. The second kappa shape index (κ2) is 8.45. The summed E-state index contributed by atoms with van der Waals surface area (Å²) in [6.07, 6.45) is 10.5. The van der Waals surface area contributed by atoms with Crippen molar-refractivity contribution in [1.82, 2.24) is 20.4 Å². The van der Waals surface area contributed by atoms with Crippen molar-refractivity contribution < 1.29 is 0 Å². The molecule has 114 valence electrons. The van der Waals surface area contributed by atoms with Gasteiger partial charge in [0, 0.05) is 44.5 Å². The van der Waals surface area contributed by atoms with E-state index in [0.29, 0.717) is 6.04 Å². The zero-order valence-corrected chi connectivity index (χ0v) is 13.1. The van der Waals surface area contributed by atoms with E-state index in [1.54, 1.807) is 0 Å². The minimum absolute atomic E-state index is 0.701. The number of nitrogens with zero attached hydrogens (tertiary/aromatic N) is 2. The summed E-state index contributed by atoms with van der Waals surface area (Å²) in [4.78, 5) is 4.85. The van der Waals surface area contributed by atoms with E-state index in [1.807, 2.05) is 0 Å². The van der Waals surface area contributed by atoms with Gasteiger partial charge in [0.05, 0.1) is 0 Å². The highest BCUT2D eigenvalue weighted by Gasteiger charge is 2.14. The van der Waals surface area contributed by atoms with Crippen molar-refractivity contribution in [3.63, 3.8) is 0 Å². The lowest BCUT2D eigenvalue weighted by Crippen LogP contribution is -2.44. The lowest BCUT2D eigenvalue weighted by atomic mass is 10.0. The SMILES string of the molecule is CN(CCN(C)CC1CCCCN1)CC1=CC=CCN1. The Hall–Kier alpha value is -0.840. The maximum Gasteiger partial charge on any atom is 0.0379 e. The number of nitrogens with one attached hydrogen (secondary N) is 2. The monoisotopic (exact) mass is 278 g/mol. The van der Waals surface area contributed by atoms with Gasteiger partial charge in [-0.1, -0.05) is 18.6 Å². The molecule has 4 heteroatoms.